The van der Waals surface area contributed by atoms with Crippen LogP contribution in [0.4, 0.5) is 8.78 Å². The Kier molecular flexibility index (Phi) is 3.68. The van der Waals surface area contributed by atoms with Gasteiger partial charge in [0.15, 0.2) is 5.69 Å². The Hall–Kier alpha value is -1.80. The first-order chi connectivity index (χ1) is 8.61. The fourth-order valence-electron chi connectivity index (χ4n) is 1.56. The van der Waals surface area contributed by atoms with Gasteiger partial charge in [-0.3, -0.25) is 0 Å². The van der Waals surface area contributed by atoms with E-state index < -0.39 is 11.6 Å². The van der Waals surface area contributed by atoms with Gasteiger partial charge in [0.05, 0.1) is 4.47 Å². The van der Waals surface area contributed by atoms with Crippen LogP contribution in [-0.2, 0) is 6.42 Å². The standard InChI is InChI=1S/C13H7BrF2N2/c14-10-5-8(7-18-13(10)6-17)4-9-11(15)2-1-3-12(9)16/h1-3,5,7H,4H2. The number of halogens is 3. The lowest BCUT2D eigenvalue weighted by atomic mass is 10.1. The highest BCUT2D eigenvalue weighted by Gasteiger charge is 2.10. The summed E-state index contributed by atoms with van der Waals surface area (Å²) in [6.07, 6.45) is 1.53. The average Bonchev–Trinajstić information content (AvgIpc) is 2.34. The van der Waals surface area contributed by atoms with Crippen molar-refractivity contribution in [1.29, 1.82) is 5.26 Å². The highest BCUT2D eigenvalue weighted by Crippen LogP contribution is 2.20. The highest BCUT2D eigenvalue weighted by atomic mass is 79.9. The molecule has 0 aliphatic carbocycles. The van der Waals surface area contributed by atoms with Gasteiger partial charge in [0.2, 0.25) is 0 Å². The molecule has 0 atom stereocenters. The van der Waals surface area contributed by atoms with E-state index in [1.165, 1.54) is 24.4 Å². The molecular weight excluding hydrogens is 302 g/mol. The van der Waals surface area contributed by atoms with Gasteiger partial charge in [0.1, 0.15) is 17.7 Å². The van der Waals surface area contributed by atoms with Crippen molar-refractivity contribution in [3.63, 3.8) is 0 Å². The average molecular weight is 309 g/mol. The van der Waals surface area contributed by atoms with Gasteiger partial charge in [0.25, 0.3) is 0 Å². The van der Waals surface area contributed by atoms with Crippen molar-refractivity contribution >= 4 is 15.9 Å². The minimum absolute atomic E-state index is 0.00379. The molecule has 0 aliphatic rings. The van der Waals surface area contributed by atoms with E-state index in [0.717, 1.165) is 0 Å². The third kappa shape index (κ3) is 2.54. The van der Waals surface area contributed by atoms with Crippen LogP contribution < -0.4 is 0 Å². The molecule has 90 valence electrons. The summed E-state index contributed by atoms with van der Waals surface area (Å²) in [5.74, 6) is -1.18. The molecule has 2 rings (SSSR count). The highest BCUT2D eigenvalue weighted by molar-refractivity contribution is 9.10. The zero-order valence-corrected chi connectivity index (χ0v) is 10.7. The summed E-state index contributed by atoms with van der Waals surface area (Å²) in [6, 6.07) is 7.29. The number of nitriles is 1. The summed E-state index contributed by atoms with van der Waals surface area (Å²) in [5, 5.41) is 8.72. The Morgan fingerprint density at radius 2 is 1.94 bits per heavy atom. The fourth-order valence-corrected chi connectivity index (χ4v) is 2.05. The van der Waals surface area contributed by atoms with E-state index >= 15 is 0 Å². The number of hydrogen-bond donors (Lipinski definition) is 0. The SMILES string of the molecule is N#Cc1ncc(Cc2c(F)cccc2F)cc1Br. The third-order valence-electron chi connectivity index (χ3n) is 2.45. The molecule has 0 unspecified atom stereocenters. The summed E-state index contributed by atoms with van der Waals surface area (Å²) in [7, 11) is 0. The number of hydrogen-bond acceptors (Lipinski definition) is 2. The quantitative estimate of drug-likeness (QED) is 0.850. The number of rotatable bonds is 2. The lowest BCUT2D eigenvalue weighted by Gasteiger charge is -2.05. The maximum Gasteiger partial charge on any atom is 0.154 e. The molecule has 0 saturated carbocycles. The second-order valence-electron chi connectivity index (χ2n) is 3.66. The normalized spacial score (nSPS) is 10.1. The van der Waals surface area contributed by atoms with Crippen LogP contribution in [-0.4, -0.2) is 4.98 Å². The topological polar surface area (TPSA) is 36.7 Å². The summed E-state index contributed by atoms with van der Waals surface area (Å²) >= 11 is 3.19. The zero-order chi connectivity index (χ0) is 13.1. The summed E-state index contributed by atoms with van der Waals surface area (Å²) in [5.41, 5.74) is 0.869. The predicted molar refractivity (Wildman–Crippen MR) is 65.8 cm³/mol. The molecule has 0 aliphatic heterocycles. The molecule has 0 fully saturated rings. The van der Waals surface area contributed by atoms with Crippen LogP contribution in [0.1, 0.15) is 16.8 Å². The van der Waals surface area contributed by atoms with E-state index in [2.05, 4.69) is 20.9 Å². The Balaban J connectivity index is 2.35. The van der Waals surface area contributed by atoms with Crippen LogP contribution in [0.5, 0.6) is 0 Å². The molecule has 2 nitrogen and oxygen atoms in total. The first-order valence-electron chi connectivity index (χ1n) is 5.09. The number of nitrogens with zero attached hydrogens (tertiary/aromatic N) is 2. The molecule has 5 heteroatoms. The van der Waals surface area contributed by atoms with Crippen molar-refractivity contribution in [3.8, 4) is 6.07 Å². The first kappa shape index (κ1) is 12.7. The largest absolute Gasteiger partial charge is 0.244 e. The summed E-state index contributed by atoms with van der Waals surface area (Å²) in [4.78, 5) is 3.90. The monoisotopic (exact) mass is 308 g/mol. The molecule has 1 aromatic carbocycles. The Labute approximate surface area is 111 Å². The Morgan fingerprint density at radius 3 is 2.50 bits per heavy atom. The van der Waals surface area contributed by atoms with Gasteiger partial charge in [-0.2, -0.15) is 5.26 Å². The van der Waals surface area contributed by atoms with Crippen LogP contribution in [0.25, 0.3) is 0 Å². The lowest BCUT2D eigenvalue weighted by Crippen LogP contribution is -1.98. The molecule has 0 N–H and O–H groups in total. The molecule has 1 heterocycles. The van der Waals surface area contributed by atoms with E-state index in [1.54, 1.807) is 6.07 Å². The van der Waals surface area contributed by atoms with E-state index in [4.69, 9.17) is 5.26 Å². The molecule has 2 aromatic rings. The Bertz CT molecular complexity index is 615. The third-order valence-corrected chi connectivity index (χ3v) is 3.05. The molecule has 1 aromatic heterocycles. The summed E-state index contributed by atoms with van der Waals surface area (Å²) < 4.78 is 27.4. The number of pyridine rings is 1. The summed E-state index contributed by atoms with van der Waals surface area (Å²) in [6.45, 7) is 0. The molecule has 18 heavy (non-hydrogen) atoms. The molecule has 0 amide bonds. The van der Waals surface area contributed by atoms with Crippen molar-refractivity contribution in [1.82, 2.24) is 4.98 Å². The van der Waals surface area contributed by atoms with Gasteiger partial charge >= 0.3 is 0 Å². The molecule has 0 bridgehead atoms. The van der Waals surface area contributed by atoms with Gasteiger partial charge in [-0.1, -0.05) is 6.07 Å². The van der Waals surface area contributed by atoms with Crippen LogP contribution in [0.2, 0.25) is 0 Å². The van der Waals surface area contributed by atoms with Crippen molar-refractivity contribution in [3.05, 3.63) is 63.4 Å². The van der Waals surface area contributed by atoms with Gasteiger partial charge in [-0.25, -0.2) is 13.8 Å². The van der Waals surface area contributed by atoms with Crippen LogP contribution >= 0.6 is 15.9 Å². The van der Waals surface area contributed by atoms with Gasteiger partial charge in [-0.15, -0.1) is 0 Å². The molecule has 0 saturated heterocycles. The van der Waals surface area contributed by atoms with Gasteiger partial charge < -0.3 is 0 Å². The smallest absolute Gasteiger partial charge is 0.154 e. The minimum Gasteiger partial charge on any atom is -0.244 e. The minimum atomic E-state index is -0.588. The van der Waals surface area contributed by atoms with Crippen LogP contribution in [0.15, 0.2) is 34.9 Å². The van der Waals surface area contributed by atoms with E-state index in [-0.39, 0.29) is 17.7 Å². The molecule has 0 spiro atoms. The van der Waals surface area contributed by atoms with Crippen molar-refractivity contribution in [2.75, 3.05) is 0 Å². The van der Waals surface area contributed by atoms with Crippen LogP contribution in [0.3, 0.4) is 0 Å². The van der Waals surface area contributed by atoms with E-state index in [1.807, 2.05) is 6.07 Å². The fraction of sp³-hybridized carbons (Fsp3) is 0.0769. The van der Waals surface area contributed by atoms with E-state index in [0.29, 0.717) is 10.0 Å². The second kappa shape index (κ2) is 5.23. The van der Waals surface area contributed by atoms with Gasteiger partial charge in [0, 0.05) is 18.2 Å². The van der Waals surface area contributed by atoms with Gasteiger partial charge in [-0.05, 0) is 39.7 Å². The predicted octanol–water partition coefficient (Wildman–Crippen LogP) is 3.58. The van der Waals surface area contributed by atoms with Crippen LogP contribution in [0, 0.1) is 23.0 Å². The second-order valence-corrected chi connectivity index (χ2v) is 4.52. The molecule has 0 radical (unpaired) electrons. The van der Waals surface area contributed by atoms with Crippen molar-refractivity contribution in [2.45, 2.75) is 6.42 Å². The lowest BCUT2D eigenvalue weighted by molar-refractivity contribution is 0.561. The maximum absolute atomic E-state index is 13.5. The molecular formula is C13H7BrF2N2. The van der Waals surface area contributed by atoms with Crippen molar-refractivity contribution < 1.29 is 8.78 Å². The number of benzene rings is 1. The zero-order valence-electron chi connectivity index (χ0n) is 9.12. The number of aromatic nitrogens is 1. The van der Waals surface area contributed by atoms with E-state index in [9.17, 15) is 8.78 Å². The Morgan fingerprint density at radius 1 is 1.28 bits per heavy atom. The first-order valence-corrected chi connectivity index (χ1v) is 5.88. The van der Waals surface area contributed by atoms with Crippen molar-refractivity contribution in [2.24, 2.45) is 0 Å². The maximum atomic E-state index is 13.5.